The molecule has 4 heteroatoms. The van der Waals surface area contributed by atoms with Crippen molar-refractivity contribution in [3.8, 4) is 0 Å². The third-order valence-corrected chi connectivity index (χ3v) is 4.42. The van der Waals surface area contributed by atoms with Crippen molar-refractivity contribution in [2.75, 3.05) is 13.1 Å². The van der Waals surface area contributed by atoms with Gasteiger partial charge in [-0.25, -0.2) is 4.39 Å². The van der Waals surface area contributed by atoms with E-state index >= 15 is 0 Å². The Morgan fingerprint density at radius 3 is 2.78 bits per heavy atom. The Balaban J connectivity index is 2.08. The Bertz CT molecular complexity index is 414. The van der Waals surface area contributed by atoms with Gasteiger partial charge in [-0.15, -0.1) is 0 Å². The predicted octanol–water partition coefficient (Wildman–Crippen LogP) is 4.26. The van der Waals surface area contributed by atoms with Crippen molar-refractivity contribution in [2.45, 2.75) is 31.9 Å². The minimum Gasteiger partial charge on any atom is -0.316 e. The molecule has 0 aliphatic carbocycles. The molecule has 0 radical (unpaired) electrons. The van der Waals surface area contributed by atoms with E-state index in [0.29, 0.717) is 16.5 Å². The largest absolute Gasteiger partial charge is 0.316 e. The summed E-state index contributed by atoms with van der Waals surface area (Å²) in [4.78, 5) is 0. The molecule has 1 heterocycles. The Morgan fingerprint density at radius 2 is 2.17 bits per heavy atom. The van der Waals surface area contributed by atoms with Crippen LogP contribution in [0.25, 0.3) is 0 Å². The summed E-state index contributed by atoms with van der Waals surface area (Å²) in [5.74, 6) is 0.0701. The number of hydrogen-bond donors (Lipinski definition) is 1. The maximum atomic E-state index is 14.8. The van der Waals surface area contributed by atoms with Gasteiger partial charge in [-0.1, -0.05) is 29.3 Å². The Kier molecular flexibility index (Phi) is 4.52. The molecule has 0 amide bonds. The highest BCUT2D eigenvalue weighted by molar-refractivity contribution is 6.42. The van der Waals surface area contributed by atoms with Gasteiger partial charge in [0.05, 0.1) is 10.0 Å². The molecule has 100 valence electrons. The summed E-state index contributed by atoms with van der Waals surface area (Å²) < 4.78 is 14.8. The number of rotatable bonds is 3. The van der Waals surface area contributed by atoms with Crippen molar-refractivity contribution in [1.82, 2.24) is 5.32 Å². The van der Waals surface area contributed by atoms with E-state index in [2.05, 4.69) is 5.32 Å². The minimum atomic E-state index is -1.20. The second-order valence-corrected chi connectivity index (χ2v) is 6.06. The number of halogens is 3. The molecule has 2 unspecified atom stereocenters. The van der Waals surface area contributed by atoms with Crippen LogP contribution in [-0.2, 0) is 6.42 Å². The highest BCUT2D eigenvalue weighted by Gasteiger charge is 2.35. The molecule has 0 bridgehead atoms. The Morgan fingerprint density at radius 1 is 1.39 bits per heavy atom. The molecular weight excluding hydrogens is 272 g/mol. The van der Waals surface area contributed by atoms with E-state index in [1.165, 1.54) is 0 Å². The zero-order chi connectivity index (χ0) is 13.2. The van der Waals surface area contributed by atoms with Crippen molar-refractivity contribution in [1.29, 1.82) is 0 Å². The minimum absolute atomic E-state index is 0.0701. The molecule has 1 N–H and O–H groups in total. The second kappa shape index (κ2) is 5.77. The normalized spacial score (nSPS) is 23.7. The van der Waals surface area contributed by atoms with Crippen LogP contribution >= 0.6 is 23.2 Å². The van der Waals surface area contributed by atoms with Crippen molar-refractivity contribution in [2.24, 2.45) is 5.92 Å². The summed E-state index contributed by atoms with van der Waals surface area (Å²) >= 11 is 11.8. The van der Waals surface area contributed by atoms with Crippen molar-refractivity contribution in [3.05, 3.63) is 33.8 Å². The molecule has 1 aromatic rings. The van der Waals surface area contributed by atoms with Gasteiger partial charge in [0.2, 0.25) is 0 Å². The highest BCUT2D eigenvalue weighted by Crippen LogP contribution is 2.32. The van der Waals surface area contributed by atoms with E-state index in [1.54, 1.807) is 19.1 Å². The lowest BCUT2D eigenvalue weighted by molar-refractivity contribution is 0.0834. The number of alkyl halides is 1. The van der Waals surface area contributed by atoms with Gasteiger partial charge >= 0.3 is 0 Å². The molecule has 0 saturated carbocycles. The molecule has 1 fully saturated rings. The second-order valence-electron chi connectivity index (χ2n) is 5.25. The first kappa shape index (κ1) is 14.1. The summed E-state index contributed by atoms with van der Waals surface area (Å²) in [5, 5.41) is 4.27. The maximum absolute atomic E-state index is 14.8. The highest BCUT2D eigenvalue weighted by atomic mass is 35.5. The average molecular weight is 290 g/mol. The van der Waals surface area contributed by atoms with Crippen LogP contribution in [0.15, 0.2) is 18.2 Å². The summed E-state index contributed by atoms with van der Waals surface area (Å²) in [5.41, 5.74) is -0.301. The molecular formula is C14H18Cl2FN. The van der Waals surface area contributed by atoms with Gasteiger partial charge < -0.3 is 5.32 Å². The first-order valence-corrected chi connectivity index (χ1v) is 7.08. The van der Waals surface area contributed by atoms with E-state index in [1.807, 2.05) is 6.07 Å². The van der Waals surface area contributed by atoms with Crippen LogP contribution in [0.1, 0.15) is 25.3 Å². The molecule has 2 atom stereocenters. The van der Waals surface area contributed by atoms with Crippen LogP contribution in [-0.4, -0.2) is 18.8 Å². The van der Waals surface area contributed by atoms with E-state index in [-0.39, 0.29) is 5.92 Å². The van der Waals surface area contributed by atoms with Crippen LogP contribution in [0.4, 0.5) is 4.39 Å². The molecule has 0 aromatic heterocycles. The molecule has 18 heavy (non-hydrogen) atoms. The standard InChI is InChI=1S/C14H18Cl2FN/c1-14(17,11-3-2-6-18-9-11)8-10-4-5-12(15)13(16)7-10/h4-5,7,11,18H,2-3,6,8-9H2,1H3. The first-order valence-electron chi connectivity index (χ1n) is 6.32. The average Bonchev–Trinajstić information content (AvgIpc) is 2.35. The number of nitrogens with one attached hydrogen (secondary N) is 1. The van der Waals surface area contributed by atoms with Crippen molar-refractivity contribution >= 4 is 23.2 Å². The fraction of sp³-hybridized carbons (Fsp3) is 0.571. The number of piperidine rings is 1. The van der Waals surface area contributed by atoms with Crippen LogP contribution in [0.3, 0.4) is 0 Å². The SMILES string of the molecule is CC(F)(Cc1ccc(Cl)c(Cl)c1)C1CCCNC1. The summed E-state index contributed by atoms with van der Waals surface area (Å²) in [6, 6.07) is 5.34. The Labute approximate surface area is 118 Å². The lowest BCUT2D eigenvalue weighted by Gasteiger charge is -2.34. The van der Waals surface area contributed by atoms with Gasteiger partial charge in [0.1, 0.15) is 5.67 Å². The Hall–Kier alpha value is -0.310. The summed E-state index contributed by atoms with van der Waals surface area (Å²) in [6.45, 7) is 3.45. The van der Waals surface area contributed by atoms with Crippen molar-refractivity contribution < 1.29 is 4.39 Å². The van der Waals surface area contributed by atoms with E-state index in [0.717, 1.165) is 31.5 Å². The molecule has 0 spiro atoms. The smallest absolute Gasteiger partial charge is 0.116 e. The lowest BCUT2D eigenvalue weighted by atomic mass is 9.81. The summed E-state index contributed by atoms with van der Waals surface area (Å²) in [7, 11) is 0. The third kappa shape index (κ3) is 3.37. The molecule has 2 rings (SSSR count). The number of hydrogen-bond acceptors (Lipinski definition) is 1. The molecule has 1 nitrogen and oxygen atoms in total. The van der Waals surface area contributed by atoms with Crippen molar-refractivity contribution in [3.63, 3.8) is 0 Å². The lowest BCUT2D eigenvalue weighted by Crippen LogP contribution is -2.42. The van der Waals surface area contributed by atoms with Gasteiger partial charge in [0.15, 0.2) is 0 Å². The van der Waals surface area contributed by atoms with Gasteiger partial charge in [-0.05, 0) is 44.0 Å². The van der Waals surface area contributed by atoms with Crippen LogP contribution in [0.2, 0.25) is 10.0 Å². The molecule has 1 aliphatic rings. The fourth-order valence-electron chi connectivity index (χ4n) is 2.56. The summed E-state index contributed by atoms with van der Waals surface area (Å²) in [6.07, 6.45) is 2.38. The van der Waals surface area contributed by atoms with Gasteiger partial charge in [-0.3, -0.25) is 0 Å². The van der Waals surface area contributed by atoms with Crippen LogP contribution in [0, 0.1) is 5.92 Å². The van der Waals surface area contributed by atoms with Crippen LogP contribution < -0.4 is 5.32 Å². The van der Waals surface area contributed by atoms with E-state index < -0.39 is 5.67 Å². The monoisotopic (exact) mass is 289 g/mol. The van der Waals surface area contributed by atoms with Gasteiger partial charge in [-0.2, -0.15) is 0 Å². The zero-order valence-corrected chi connectivity index (χ0v) is 12.0. The first-order chi connectivity index (χ1) is 8.49. The van der Waals surface area contributed by atoms with Gasteiger partial charge in [0, 0.05) is 18.9 Å². The zero-order valence-electron chi connectivity index (χ0n) is 10.5. The molecule has 1 aromatic carbocycles. The van der Waals surface area contributed by atoms with E-state index in [9.17, 15) is 4.39 Å². The third-order valence-electron chi connectivity index (χ3n) is 3.68. The van der Waals surface area contributed by atoms with E-state index in [4.69, 9.17) is 23.2 Å². The molecule has 1 saturated heterocycles. The fourth-order valence-corrected chi connectivity index (χ4v) is 2.88. The molecule has 1 aliphatic heterocycles. The van der Waals surface area contributed by atoms with Gasteiger partial charge in [0.25, 0.3) is 0 Å². The van der Waals surface area contributed by atoms with Crippen LogP contribution in [0.5, 0.6) is 0 Å². The topological polar surface area (TPSA) is 12.0 Å². The maximum Gasteiger partial charge on any atom is 0.116 e. The number of benzene rings is 1. The quantitative estimate of drug-likeness (QED) is 0.877. The predicted molar refractivity (Wildman–Crippen MR) is 75.3 cm³/mol.